The molecule has 0 radical (unpaired) electrons. The Morgan fingerprint density at radius 2 is 1.83 bits per heavy atom. The standard InChI is InChI=1S/C23H26N4O2/c1-26(16-17-8-2-5-11-20(17)27-14-6-7-15-27)22(28)13-12-21-24-19-10-4-3-9-18(19)23(29)25-21/h2-5,8-11H,6-7,12-16H2,1H3,(H,24,25,29). The van der Waals surface area contributed by atoms with Crippen LogP contribution in [-0.2, 0) is 17.8 Å². The van der Waals surface area contributed by atoms with Crippen molar-refractivity contribution in [3.8, 4) is 0 Å². The second kappa shape index (κ2) is 8.47. The Balaban J connectivity index is 1.41. The molecular formula is C23H26N4O2. The first kappa shape index (κ1) is 19.2. The molecule has 0 unspecified atom stereocenters. The van der Waals surface area contributed by atoms with E-state index in [0.717, 1.165) is 13.1 Å². The predicted octanol–water partition coefficient (Wildman–Crippen LogP) is 3.11. The number of anilines is 1. The molecular weight excluding hydrogens is 364 g/mol. The Labute approximate surface area is 170 Å². The number of H-pyrrole nitrogens is 1. The van der Waals surface area contributed by atoms with E-state index in [4.69, 9.17) is 0 Å². The minimum atomic E-state index is -0.161. The zero-order valence-corrected chi connectivity index (χ0v) is 16.7. The van der Waals surface area contributed by atoms with Gasteiger partial charge in [0.1, 0.15) is 5.82 Å². The van der Waals surface area contributed by atoms with Gasteiger partial charge in [-0.15, -0.1) is 0 Å². The molecule has 1 aliphatic rings. The van der Waals surface area contributed by atoms with Crippen LogP contribution in [0.1, 0.15) is 30.7 Å². The summed E-state index contributed by atoms with van der Waals surface area (Å²) in [5.74, 6) is 0.588. The van der Waals surface area contributed by atoms with Crippen molar-refractivity contribution < 1.29 is 4.79 Å². The van der Waals surface area contributed by atoms with Crippen LogP contribution in [0.25, 0.3) is 10.9 Å². The van der Waals surface area contributed by atoms with E-state index < -0.39 is 0 Å². The van der Waals surface area contributed by atoms with E-state index >= 15 is 0 Å². The van der Waals surface area contributed by atoms with Gasteiger partial charge in [0.25, 0.3) is 5.56 Å². The van der Waals surface area contributed by atoms with E-state index in [1.54, 1.807) is 11.0 Å². The molecule has 0 saturated carbocycles. The van der Waals surface area contributed by atoms with Crippen LogP contribution in [0, 0.1) is 0 Å². The summed E-state index contributed by atoms with van der Waals surface area (Å²) in [5, 5.41) is 0.568. The van der Waals surface area contributed by atoms with Gasteiger partial charge in [-0.1, -0.05) is 30.3 Å². The first-order valence-corrected chi connectivity index (χ1v) is 10.2. The van der Waals surface area contributed by atoms with Crippen molar-refractivity contribution in [2.45, 2.75) is 32.2 Å². The van der Waals surface area contributed by atoms with Crippen molar-refractivity contribution in [2.24, 2.45) is 0 Å². The quantitative estimate of drug-likeness (QED) is 0.702. The van der Waals surface area contributed by atoms with Gasteiger partial charge >= 0.3 is 0 Å². The van der Waals surface area contributed by atoms with Crippen LogP contribution in [0.2, 0.25) is 0 Å². The molecule has 4 rings (SSSR count). The van der Waals surface area contributed by atoms with Crippen LogP contribution in [0.4, 0.5) is 5.69 Å². The largest absolute Gasteiger partial charge is 0.371 e. The van der Waals surface area contributed by atoms with Gasteiger partial charge in [-0.2, -0.15) is 0 Å². The zero-order chi connectivity index (χ0) is 20.2. The third-order valence-electron chi connectivity index (χ3n) is 5.51. The summed E-state index contributed by atoms with van der Waals surface area (Å²) >= 11 is 0. The lowest BCUT2D eigenvalue weighted by Crippen LogP contribution is -2.28. The van der Waals surface area contributed by atoms with E-state index in [1.165, 1.54) is 24.1 Å². The summed E-state index contributed by atoms with van der Waals surface area (Å²) in [6, 6.07) is 15.6. The highest BCUT2D eigenvalue weighted by molar-refractivity contribution is 5.78. The van der Waals surface area contributed by atoms with Crippen molar-refractivity contribution >= 4 is 22.5 Å². The number of benzene rings is 2. The molecule has 2 aromatic carbocycles. The third kappa shape index (κ3) is 4.31. The molecule has 0 atom stereocenters. The molecule has 1 amide bonds. The number of aromatic amines is 1. The van der Waals surface area contributed by atoms with Gasteiger partial charge in [-0.3, -0.25) is 9.59 Å². The molecule has 0 aliphatic carbocycles. The van der Waals surface area contributed by atoms with Crippen molar-refractivity contribution in [2.75, 3.05) is 25.0 Å². The fourth-order valence-corrected chi connectivity index (χ4v) is 3.92. The second-order valence-corrected chi connectivity index (χ2v) is 7.60. The number of carbonyl (C=O) groups excluding carboxylic acids is 1. The fraction of sp³-hybridized carbons (Fsp3) is 0.348. The van der Waals surface area contributed by atoms with Gasteiger partial charge in [-0.05, 0) is 36.6 Å². The summed E-state index contributed by atoms with van der Waals surface area (Å²) in [7, 11) is 1.83. The number of amides is 1. The lowest BCUT2D eigenvalue weighted by molar-refractivity contribution is -0.130. The third-order valence-corrected chi connectivity index (χ3v) is 5.51. The molecule has 0 bridgehead atoms. The van der Waals surface area contributed by atoms with E-state index in [-0.39, 0.29) is 11.5 Å². The van der Waals surface area contributed by atoms with Crippen LogP contribution in [0.3, 0.4) is 0 Å². The zero-order valence-electron chi connectivity index (χ0n) is 16.7. The normalized spacial score (nSPS) is 13.8. The Morgan fingerprint density at radius 1 is 1.10 bits per heavy atom. The van der Waals surface area contributed by atoms with Gasteiger partial charge in [-0.25, -0.2) is 4.98 Å². The van der Waals surface area contributed by atoms with Gasteiger partial charge < -0.3 is 14.8 Å². The number of carbonyl (C=O) groups is 1. The maximum atomic E-state index is 12.7. The SMILES string of the molecule is CN(Cc1ccccc1N1CCCC1)C(=O)CCc1nc2ccccc2c(=O)[nH]1. The van der Waals surface area contributed by atoms with Crippen LogP contribution in [-0.4, -0.2) is 40.9 Å². The van der Waals surface area contributed by atoms with Crippen molar-refractivity contribution in [3.05, 3.63) is 70.3 Å². The minimum absolute atomic E-state index is 0.0389. The molecule has 6 heteroatoms. The number of fused-ring (bicyclic) bond motifs is 1. The number of hydrogen-bond donors (Lipinski definition) is 1. The number of hydrogen-bond acceptors (Lipinski definition) is 4. The average molecular weight is 390 g/mol. The summed E-state index contributed by atoms with van der Waals surface area (Å²) in [6.45, 7) is 2.73. The molecule has 3 aromatic rings. The molecule has 1 aliphatic heterocycles. The number of aromatic nitrogens is 2. The van der Waals surface area contributed by atoms with Gasteiger partial charge in [0.15, 0.2) is 0 Å². The molecule has 0 spiro atoms. The minimum Gasteiger partial charge on any atom is -0.371 e. The van der Waals surface area contributed by atoms with E-state index in [9.17, 15) is 9.59 Å². The number of nitrogens with zero attached hydrogens (tertiary/aromatic N) is 3. The predicted molar refractivity (Wildman–Crippen MR) is 115 cm³/mol. The Morgan fingerprint density at radius 3 is 2.66 bits per heavy atom. The smallest absolute Gasteiger partial charge is 0.258 e. The Hall–Kier alpha value is -3.15. The van der Waals surface area contributed by atoms with Gasteiger partial charge in [0.05, 0.1) is 10.9 Å². The maximum absolute atomic E-state index is 12.7. The lowest BCUT2D eigenvalue weighted by Gasteiger charge is -2.24. The molecule has 1 N–H and O–H groups in total. The summed E-state index contributed by atoms with van der Waals surface area (Å²) in [4.78, 5) is 36.3. The first-order chi connectivity index (χ1) is 14.1. The molecule has 1 fully saturated rings. The monoisotopic (exact) mass is 390 g/mol. The van der Waals surface area contributed by atoms with E-state index in [2.05, 4.69) is 33.1 Å². The van der Waals surface area contributed by atoms with Crippen molar-refractivity contribution in [1.29, 1.82) is 0 Å². The van der Waals surface area contributed by atoms with Gasteiger partial charge in [0, 0.05) is 45.2 Å². The highest BCUT2D eigenvalue weighted by Gasteiger charge is 2.18. The molecule has 29 heavy (non-hydrogen) atoms. The lowest BCUT2D eigenvalue weighted by atomic mass is 10.1. The van der Waals surface area contributed by atoms with E-state index in [0.29, 0.717) is 36.1 Å². The number of rotatable bonds is 6. The summed E-state index contributed by atoms with van der Waals surface area (Å²) in [6.07, 6.45) is 3.17. The first-order valence-electron chi connectivity index (χ1n) is 10.2. The van der Waals surface area contributed by atoms with Crippen LogP contribution in [0.5, 0.6) is 0 Å². The van der Waals surface area contributed by atoms with Crippen molar-refractivity contribution in [1.82, 2.24) is 14.9 Å². The Kier molecular flexibility index (Phi) is 5.60. The molecule has 6 nitrogen and oxygen atoms in total. The molecule has 150 valence electrons. The molecule has 1 aromatic heterocycles. The fourth-order valence-electron chi connectivity index (χ4n) is 3.92. The summed E-state index contributed by atoms with van der Waals surface area (Å²) < 4.78 is 0. The topological polar surface area (TPSA) is 69.3 Å². The number of para-hydroxylation sites is 2. The average Bonchev–Trinajstić information content (AvgIpc) is 3.27. The second-order valence-electron chi connectivity index (χ2n) is 7.60. The highest BCUT2D eigenvalue weighted by Crippen LogP contribution is 2.25. The van der Waals surface area contributed by atoms with Crippen molar-refractivity contribution in [3.63, 3.8) is 0 Å². The molecule has 1 saturated heterocycles. The number of aryl methyl sites for hydroxylation is 1. The highest BCUT2D eigenvalue weighted by atomic mass is 16.2. The van der Waals surface area contributed by atoms with Crippen LogP contribution >= 0.6 is 0 Å². The molecule has 2 heterocycles. The maximum Gasteiger partial charge on any atom is 0.258 e. The number of nitrogens with one attached hydrogen (secondary N) is 1. The summed E-state index contributed by atoms with van der Waals surface area (Å²) in [5.41, 5.74) is 2.89. The van der Waals surface area contributed by atoms with E-state index in [1.807, 2.05) is 31.3 Å². The van der Waals surface area contributed by atoms with Gasteiger partial charge in [0.2, 0.25) is 5.91 Å². The van der Waals surface area contributed by atoms with Crippen LogP contribution in [0.15, 0.2) is 53.3 Å². The Bertz CT molecular complexity index is 1070. The van der Waals surface area contributed by atoms with Crippen LogP contribution < -0.4 is 10.5 Å².